The van der Waals surface area contributed by atoms with Gasteiger partial charge >= 0.3 is 5.91 Å². The fourth-order valence-electron chi connectivity index (χ4n) is 12.9. The first-order valence-corrected chi connectivity index (χ1v) is 24.7. The Morgan fingerprint density at radius 2 is 1.19 bits per heavy atom. The molecule has 0 spiro atoms. The van der Waals surface area contributed by atoms with Crippen molar-refractivity contribution in [3.8, 4) is 0 Å². The maximum atomic E-state index is 17.5. The molecule has 59 heavy (non-hydrogen) atoms. The lowest BCUT2D eigenvalue weighted by Crippen LogP contribution is -3.02. The van der Waals surface area contributed by atoms with E-state index >= 15 is 14.4 Å². The molecule has 17 heteroatoms. The van der Waals surface area contributed by atoms with Crippen LogP contribution in [0.3, 0.4) is 0 Å². The van der Waals surface area contributed by atoms with Crippen molar-refractivity contribution < 1.29 is 33.3 Å². The Hall–Kier alpha value is -1.64. The zero-order valence-electron chi connectivity index (χ0n) is 35.4. The highest BCUT2D eigenvalue weighted by molar-refractivity contribution is 7.99. The maximum absolute atomic E-state index is 17.5. The molecule has 3 amide bonds. The van der Waals surface area contributed by atoms with Crippen LogP contribution in [0.2, 0.25) is 0 Å². The molecule has 16 nitrogen and oxygen atoms in total. The molecule has 10 saturated heterocycles. The van der Waals surface area contributed by atoms with Gasteiger partial charge in [0.25, 0.3) is 11.7 Å². The van der Waals surface area contributed by atoms with E-state index < -0.39 is 23.2 Å². The summed E-state index contributed by atoms with van der Waals surface area (Å²) in [5.41, 5.74) is -2.26. The molecule has 330 valence electrons. The molecule has 10 heterocycles. The molecule has 0 aromatic carbocycles. The monoisotopic (exact) mass is 844 g/mol. The van der Waals surface area contributed by atoms with Crippen LogP contribution in [-0.2, 0) is 33.3 Å². The predicted octanol–water partition coefficient (Wildman–Crippen LogP) is 1.27. The van der Waals surface area contributed by atoms with Gasteiger partial charge in [0.2, 0.25) is 5.91 Å². The van der Waals surface area contributed by atoms with Gasteiger partial charge in [0.15, 0.2) is 11.3 Å². The number of hydrazine groups is 2. The standard InChI is InChI=1S/C42H69N9O7S/c52-37-11-2-6-18-48(37)42(46-14-7-8-15-46)39(54)50(49-19-12-34(38(49)53)43-20-28-55-29-21-43)40(36-13-27-58-36,45-24-32-59-33-25-45)41(35-10-3-9-26-57-35,44-22-30-56-31-23-44)51(42)47-16-4-1-5-17-47/h34-36H,1-33H2. The molecule has 0 aromatic rings. The van der Waals surface area contributed by atoms with Gasteiger partial charge in [0.1, 0.15) is 6.10 Å². The molecular formula is C42H69N9O7S. The van der Waals surface area contributed by atoms with E-state index in [1.165, 1.54) is 0 Å². The summed E-state index contributed by atoms with van der Waals surface area (Å²) in [7, 11) is 0. The highest BCUT2D eigenvalue weighted by Gasteiger charge is 2.84. The van der Waals surface area contributed by atoms with Crippen LogP contribution in [0.5, 0.6) is 0 Å². The molecule has 0 aromatic heterocycles. The van der Waals surface area contributed by atoms with E-state index in [-0.39, 0.29) is 29.9 Å². The van der Waals surface area contributed by atoms with Crippen molar-refractivity contribution in [2.45, 2.75) is 119 Å². The molecule has 10 rings (SSSR count). The van der Waals surface area contributed by atoms with Gasteiger partial charge in [-0.1, -0.05) is 6.42 Å². The van der Waals surface area contributed by atoms with Crippen LogP contribution in [0.4, 0.5) is 0 Å². The molecule has 0 N–H and O–H groups in total. The van der Waals surface area contributed by atoms with E-state index in [0.29, 0.717) is 105 Å². The van der Waals surface area contributed by atoms with Crippen LogP contribution in [0.15, 0.2) is 0 Å². The average molecular weight is 844 g/mol. The lowest BCUT2D eigenvalue weighted by atomic mass is 9.70. The molecule has 0 radical (unpaired) electrons. The van der Waals surface area contributed by atoms with Gasteiger partial charge in [-0.15, -0.1) is 0 Å². The van der Waals surface area contributed by atoms with Crippen molar-refractivity contribution in [3.05, 3.63) is 0 Å². The third kappa shape index (κ3) is 6.48. The number of carbonyl (C=O) groups excluding carboxylic acids is 3. The van der Waals surface area contributed by atoms with E-state index in [0.717, 1.165) is 108 Å². The molecule has 10 aliphatic heterocycles. The molecule has 10 fully saturated rings. The van der Waals surface area contributed by atoms with Gasteiger partial charge in [-0.25, -0.2) is 15.0 Å². The zero-order valence-corrected chi connectivity index (χ0v) is 36.2. The Morgan fingerprint density at radius 3 is 1.85 bits per heavy atom. The molecule has 6 unspecified atom stereocenters. The minimum absolute atomic E-state index is 0.0255. The molecule has 6 atom stereocenters. The molecule has 0 saturated carbocycles. The number of morpholine rings is 2. The Labute approximate surface area is 354 Å². The van der Waals surface area contributed by atoms with Gasteiger partial charge < -0.3 is 23.8 Å². The second kappa shape index (κ2) is 17.5. The Kier molecular flexibility index (Phi) is 12.3. The number of likely N-dealkylation sites (tertiary alicyclic amines) is 2. The molecular weight excluding hydrogens is 775 g/mol. The number of hydrogen-bond acceptors (Lipinski definition) is 14. The number of carbonyl (C=O) groups is 3. The highest BCUT2D eigenvalue weighted by atomic mass is 32.2. The number of piperazine rings is 1. The van der Waals surface area contributed by atoms with Crippen LogP contribution in [-0.4, -0.2) is 227 Å². The summed E-state index contributed by atoms with van der Waals surface area (Å²) in [5.74, 6) is 0.139. The highest BCUT2D eigenvalue weighted by Crippen LogP contribution is 2.60. The van der Waals surface area contributed by atoms with E-state index in [9.17, 15) is 0 Å². The minimum Gasteiger partial charge on any atom is -0.379 e. The number of rotatable bonds is 9. The lowest BCUT2D eigenvalue weighted by molar-refractivity contribution is -0.430. The van der Waals surface area contributed by atoms with Gasteiger partial charge in [-0.3, -0.25) is 34.0 Å². The summed E-state index contributed by atoms with van der Waals surface area (Å²) < 4.78 is 26.4. The number of piperidine rings is 2. The van der Waals surface area contributed by atoms with Crippen LogP contribution in [0.1, 0.15) is 83.5 Å². The summed E-state index contributed by atoms with van der Waals surface area (Å²) >= 11 is 1.96. The summed E-state index contributed by atoms with van der Waals surface area (Å²) in [4.78, 5) is 60.2. The van der Waals surface area contributed by atoms with E-state index in [1.807, 2.05) is 26.7 Å². The van der Waals surface area contributed by atoms with Gasteiger partial charge in [-0.05, 0) is 64.2 Å². The summed E-state index contributed by atoms with van der Waals surface area (Å²) in [5, 5.41) is 9.01. The van der Waals surface area contributed by atoms with Crippen LogP contribution in [0, 0.1) is 0 Å². The zero-order chi connectivity index (χ0) is 40.0. The van der Waals surface area contributed by atoms with Crippen molar-refractivity contribution >= 4 is 29.5 Å². The maximum Gasteiger partial charge on any atom is 0.302 e. The van der Waals surface area contributed by atoms with Crippen molar-refractivity contribution in [2.75, 3.05) is 130 Å². The SMILES string of the molecule is O=C1C(N2CCOCC2)CCN1N1C(=O)C(N2CCCC2)(N2CCCCC2=O)N(N2CCCCC2)C(C2CCCCO2)(N2CCOCC2)C1(C1CCO1)N1CCSCC1. The van der Waals surface area contributed by atoms with E-state index in [1.54, 1.807) is 0 Å². The van der Waals surface area contributed by atoms with Gasteiger partial charge in [0.05, 0.1) is 38.6 Å². The van der Waals surface area contributed by atoms with Crippen molar-refractivity contribution in [1.82, 2.24) is 44.5 Å². The Bertz CT molecular complexity index is 1490. The number of nitrogens with zero attached hydrogens (tertiary/aromatic N) is 9. The second-order valence-electron chi connectivity index (χ2n) is 18.3. The largest absolute Gasteiger partial charge is 0.379 e. The first kappa shape index (κ1) is 41.4. The number of ether oxygens (including phenoxy) is 4. The fourth-order valence-corrected chi connectivity index (χ4v) is 13.8. The van der Waals surface area contributed by atoms with E-state index in [4.69, 9.17) is 18.9 Å². The van der Waals surface area contributed by atoms with Crippen molar-refractivity contribution in [2.24, 2.45) is 0 Å². The number of hydrogen-bond donors (Lipinski definition) is 0. The molecule has 0 aliphatic carbocycles. The normalized spacial score (nSPS) is 40.0. The lowest BCUT2D eigenvalue weighted by Gasteiger charge is -2.78. The Balaban J connectivity index is 1.31. The molecule has 0 bridgehead atoms. The van der Waals surface area contributed by atoms with Crippen molar-refractivity contribution in [1.29, 1.82) is 0 Å². The first-order chi connectivity index (χ1) is 29.1. The predicted molar refractivity (Wildman–Crippen MR) is 220 cm³/mol. The third-order valence-electron chi connectivity index (χ3n) is 15.5. The van der Waals surface area contributed by atoms with Crippen LogP contribution < -0.4 is 0 Å². The summed E-state index contributed by atoms with van der Waals surface area (Å²) in [6.45, 7) is 11.5. The number of amides is 3. The number of thioether (sulfide) groups is 1. The topological polar surface area (TPSA) is 117 Å². The minimum atomic E-state index is -1.53. The quantitative estimate of drug-likeness (QED) is 0.332. The van der Waals surface area contributed by atoms with Crippen LogP contribution >= 0.6 is 11.8 Å². The first-order valence-electron chi connectivity index (χ1n) is 23.5. The molecule has 10 aliphatic rings. The van der Waals surface area contributed by atoms with Crippen LogP contribution in [0.25, 0.3) is 0 Å². The summed E-state index contributed by atoms with van der Waals surface area (Å²) in [6, 6.07) is -0.356. The smallest absolute Gasteiger partial charge is 0.302 e. The summed E-state index contributed by atoms with van der Waals surface area (Å²) in [6.07, 6.45) is 10.4. The second-order valence-corrected chi connectivity index (χ2v) is 19.6. The van der Waals surface area contributed by atoms with Gasteiger partial charge in [-0.2, -0.15) is 16.8 Å². The van der Waals surface area contributed by atoms with Crippen molar-refractivity contribution in [3.63, 3.8) is 0 Å². The average Bonchev–Trinajstić information content (AvgIpc) is 3.96. The third-order valence-corrected chi connectivity index (χ3v) is 16.4. The van der Waals surface area contributed by atoms with E-state index in [2.05, 4.69) is 29.6 Å². The Morgan fingerprint density at radius 1 is 0.542 bits per heavy atom. The van der Waals surface area contributed by atoms with Gasteiger partial charge in [0, 0.05) is 116 Å². The fraction of sp³-hybridized carbons (Fsp3) is 0.929.